The number of hydrogen-bond donors (Lipinski definition) is 2. The average molecular weight is 338 g/mol. The standard InChI is InChI=1S/C18H14N2O5/c21-13-4-2-9-12(5-6-19-17(9)20-13)24-8-1-3-11-10(7-8)14-15(18(22)23)16(14)25-11/h1,3,5-7,14-16H,2,4H2,(H,22,23)(H,19,20,21)/t14?,15-,16-/m1/s1. The summed E-state index contributed by atoms with van der Waals surface area (Å²) in [6.07, 6.45) is 2.31. The molecule has 0 radical (unpaired) electrons. The molecule has 7 nitrogen and oxygen atoms in total. The Hall–Kier alpha value is -3.09. The van der Waals surface area contributed by atoms with E-state index in [2.05, 4.69) is 10.3 Å². The first-order valence-corrected chi connectivity index (χ1v) is 8.11. The maximum atomic E-state index is 11.5. The highest BCUT2D eigenvalue weighted by molar-refractivity contribution is 5.93. The van der Waals surface area contributed by atoms with Gasteiger partial charge in [0, 0.05) is 29.7 Å². The number of nitrogens with zero attached hydrogens (tertiary/aromatic N) is 1. The van der Waals surface area contributed by atoms with E-state index in [-0.39, 0.29) is 17.9 Å². The van der Waals surface area contributed by atoms with Gasteiger partial charge in [0.1, 0.15) is 35.1 Å². The van der Waals surface area contributed by atoms with Crippen molar-refractivity contribution >= 4 is 17.7 Å². The Morgan fingerprint density at radius 1 is 1.32 bits per heavy atom. The molecule has 2 aromatic rings. The molecule has 1 unspecified atom stereocenters. The zero-order valence-corrected chi connectivity index (χ0v) is 13.1. The summed E-state index contributed by atoms with van der Waals surface area (Å²) in [4.78, 5) is 26.9. The largest absolute Gasteiger partial charge is 0.489 e. The maximum absolute atomic E-state index is 11.5. The van der Waals surface area contributed by atoms with Crippen molar-refractivity contribution in [3.05, 3.63) is 41.6 Å². The molecule has 2 aliphatic heterocycles. The highest BCUT2D eigenvalue weighted by Gasteiger charge is 2.63. The van der Waals surface area contributed by atoms with Crippen molar-refractivity contribution in [2.24, 2.45) is 5.92 Å². The van der Waals surface area contributed by atoms with Crippen molar-refractivity contribution in [1.29, 1.82) is 0 Å². The summed E-state index contributed by atoms with van der Waals surface area (Å²) in [6, 6.07) is 7.22. The number of fused-ring (bicyclic) bond motifs is 4. The van der Waals surface area contributed by atoms with Gasteiger partial charge in [0.05, 0.1) is 0 Å². The van der Waals surface area contributed by atoms with E-state index in [1.165, 1.54) is 0 Å². The van der Waals surface area contributed by atoms with Gasteiger partial charge < -0.3 is 19.9 Å². The molecule has 3 aliphatic rings. The van der Waals surface area contributed by atoms with Gasteiger partial charge in [-0.3, -0.25) is 9.59 Å². The number of aliphatic carboxylic acids is 1. The SMILES string of the molecule is O=C1CCc2c(Oc3ccc4c(c3)C3[C@@H](O4)[C@@H]3C(=O)O)ccnc2N1. The quantitative estimate of drug-likeness (QED) is 0.891. The van der Waals surface area contributed by atoms with E-state index < -0.39 is 11.9 Å². The molecule has 1 fully saturated rings. The molecular formula is C18H14N2O5. The molecule has 1 saturated carbocycles. The third kappa shape index (κ3) is 2.15. The fraction of sp³-hybridized carbons (Fsp3) is 0.278. The van der Waals surface area contributed by atoms with Crippen LogP contribution in [0.15, 0.2) is 30.5 Å². The van der Waals surface area contributed by atoms with Crippen LogP contribution in [0.2, 0.25) is 0 Å². The van der Waals surface area contributed by atoms with Gasteiger partial charge >= 0.3 is 5.97 Å². The van der Waals surface area contributed by atoms with Gasteiger partial charge in [0.15, 0.2) is 0 Å². The molecule has 3 heterocycles. The van der Waals surface area contributed by atoms with Gasteiger partial charge in [0.25, 0.3) is 0 Å². The lowest BCUT2D eigenvalue weighted by molar-refractivity contribution is -0.139. The molecular weight excluding hydrogens is 324 g/mol. The number of ether oxygens (including phenoxy) is 2. The number of hydrogen-bond acceptors (Lipinski definition) is 5. The van der Waals surface area contributed by atoms with Crippen molar-refractivity contribution < 1.29 is 24.2 Å². The summed E-state index contributed by atoms with van der Waals surface area (Å²) in [5, 5.41) is 11.9. The monoisotopic (exact) mass is 338 g/mol. The summed E-state index contributed by atoms with van der Waals surface area (Å²) < 4.78 is 11.7. The van der Waals surface area contributed by atoms with Gasteiger partial charge in [0.2, 0.25) is 5.91 Å². The molecule has 5 rings (SSSR count). The fourth-order valence-corrected chi connectivity index (χ4v) is 3.68. The van der Waals surface area contributed by atoms with E-state index in [0.29, 0.717) is 30.2 Å². The Balaban J connectivity index is 1.44. The molecule has 2 N–H and O–H groups in total. The highest BCUT2D eigenvalue weighted by Crippen LogP contribution is 2.59. The molecule has 1 aliphatic carbocycles. The molecule has 25 heavy (non-hydrogen) atoms. The second-order valence-electron chi connectivity index (χ2n) is 6.46. The number of rotatable bonds is 3. The number of amides is 1. The van der Waals surface area contributed by atoms with E-state index in [1.54, 1.807) is 18.3 Å². The number of benzene rings is 1. The van der Waals surface area contributed by atoms with Crippen LogP contribution in [0.4, 0.5) is 5.82 Å². The number of carboxylic acid groups (broad SMARTS) is 1. The average Bonchev–Trinajstić information content (AvgIpc) is 3.19. The number of carbonyl (C=O) groups is 2. The Labute approximate surface area is 142 Å². The van der Waals surface area contributed by atoms with Crippen LogP contribution < -0.4 is 14.8 Å². The van der Waals surface area contributed by atoms with Crippen LogP contribution in [0.3, 0.4) is 0 Å². The molecule has 1 amide bonds. The highest BCUT2D eigenvalue weighted by atomic mass is 16.5. The lowest BCUT2D eigenvalue weighted by Gasteiger charge is -2.19. The van der Waals surface area contributed by atoms with Crippen molar-refractivity contribution in [3.8, 4) is 17.2 Å². The molecule has 0 spiro atoms. The number of anilines is 1. The summed E-state index contributed by atoms with van der Waals surface area (Å²) in [7, 11) is 0. The second-order valence-corrected chi connectivity index (χ2v) is 6.46. The number of carboxylic acids is 1. The molecule has 1 aromatic heterocycles. The van der Waals surface area contributed by atoms with E-state index in [9.17, 15) is 14.7 Å². The lowest BCUT2D eigenvalue weighted by Crippen LogP contribution is -2.20. The van der Waals surface area contributed by atoms with E-state index in [0.717, 1.165) is 16.9 Å². The summed E-state index contributed by atoms with van der Waals surface area (Å²) in [5.41, 5.74) is 1.75. The first-order valence-electron chi connectivity index (χ1n) is 8.11. The van der Waals surface area contributed by atoms with Crippen LogP contribution >= 0.6 is 0 Å². The predicted molar refractivity (Wildman–Crippen MR) is 86.0 cm³/mol. The molecule has 7 heteroatoms. The molecule has 3 atom stereocenters. The first-order chi connectivity index (χ1) is 12.1. The Kier molecular flexibility index (Phi) is 2.83. The summed E-state index contributed by atoms with van der Waals surface area (Å²) in [6.45, 7) is 0. The molecule has 0 bridgehead atoms. The van der Waals surface area contributed by atoms with Gasteiger partial charge in [-0.2, -0.15) is 0 Å². The summed E-state index contributed by atoms with van der Waals surface area (Å²) in [5.74, 6) is 1.08. The van der Waals surface area contributed by atoms with Crippen molar-refractivity contribution in [2.45, 2.75) is 24.9 Å². The first kappa shape index (κ1) is 14.3. The number of nitrogens with one attached hydrogen (secondary N) is 1. The van der Waals surface area contributed by atoms with Crippen LogP contribution in [0.5, 0.6) is 17.2 Å². The topological polar surface area (TPSA) is 97.8 Å². The third-order valence-electron chi connectivity index (χ3n) is 4.94. The zero-order valence-electron chi connectivity index (χ0n) is 13.1. The zero-order chi connectivity index (χ0) is 17.1. The van der Waals surface area contributed by atoms with Crippen LogP contribution in [0, 0.1) is 5.92 Å². The molecule has 0 saturated heterocycles. The molecule has 126 valence electrons. The minimum atomic E-state index is -0.828. The number of carbonyl (C=O) groups excluding carboxylic acids is 1. The fourth-order valence-electron chi connectivity index (χ4n) is 3.68. The van der Waals surface area contributed by atoms with Gasteiger partial charge in [-0.05, 0) is 30.7 Å². The number of aromatic nitrogens is 1. The predicted octanol–water partition coefficient (Wildman–Crippen LogP) is 2.32. The van der Waals surface area contributed by atoms with Gasteiger partial charge in [-0.25, -0.2) is 4.98 Å². The normalized spacial score (nSPS) is 25.1. The van der Waals surface area contributed by atoms with Crippen molar-refractivity contribution in [2.75, 3.05) is 5.32 Å². The minimum Gasteiger partial charge on any atom is -0.489 e. The molecule has 1 aromatic carbocycles. The van der Waals surface area contributed by atoms with Gasteiger partial charge in [-0.15, -0.1) is 0 Å². The Morgan fingerprint density at radius 3 is 3.04 bits per heavy atom. The van der Waals surface area contributed by atoms with Crippen LogP contribution in [0.25, 0.3) is 0 Å². The Bertz CT molecular complexity index is 926. The smallest absolute Gasteiger partial charge is 0.311 e. The van der Waals surface area contributed by atoms with Crippen LogP contribution in [-0.4, -0.2) is 28.1 Å². The van der Waals surface area contributed by atoms with Gasteiger partial charge in [-0.1, -0.05) is 0 Å². The minimum absolute atomic E-state index is 0.0497. The lowest BCUT2D eigenvalue weighted by atomic mass is 10.1. The van der Waals surface area contributed by atoms with E-state index in [4.69, 9.17) is 9.47 Å². The van der Waals surface area contributed by atoms with Crippen molar-refractivity contribution in [3.63, 3.8) is 0 Å². The van der Waals surface area contributed by atoms with Crippen LogP contribution in [-0.2, 0) is 16.0 Å². The maximum Gasteiger partial charge on any atom is 0.311 e. The van der Waals surface area contributed by atoms with Crippen molar-refractivity contribution in [1.82, 2.24) is 4.98 Å². The second kappa shape index (κ2) is 4.95. The number of pyridine rings is 1. The van der Waals surface area contributed by atoms with E-state index >= 15 is 0 Å². The Morgan fingerprint density at radius 2 is 2.20 bits per heavy atom. The third-order valence-corrected chi connectivity index (χ3v) is 4.94. The van der Waals surface area contributed by atoms with Crippen LogP contribution in [0.1, 0.15) is 23.5 Å². The van der Waals surface area contributed by atoms with E-state index in [1.807, 2.05) is 12.1 Å². The summed E-state index contributed by atoms with van der Waals surface area (Å²) >= 11 is 0.